The van der Waals surface area contributed by atoms with E-state index < -0.39 is 0 Å². The van der Waals surface area contributed by atoms with E-state index in [1.165, 1.54) is 31.9 Å². The van der Waals surface area contributed by atoms with Crippen LogP contribution in [0.2, 0.25) is 0 Å². The van der Waals surface area contributed by atoms with E-state index in [1.807, 2.05) is 24.3 Å². The molecule has 0 radical (unpaired) electrons. The molecular weight excluding hydrogens is 443 g/mol. The molecule has 1 fully saturated rings. The minimum absolute atomic E-state index is 0. The minimum Gasteiger partial charge on any atom is -0.459 e. The summed E-state index contributed by atoms with van der Waals surface area (Å²) in [4.78, 5) is 18.7. The van der Waals surface area contributed by atoms with Crippen LogP contribution in [0.1, 0.15) is 41.8 Å². The fourth-order valence-corrected chi connectivity index (χ4v) is 2.92. The van der Waals surface area contributed by atoms with Crippen molar-refractivity contribution < 1.29 is 9.21 Å². The highest BCUT2D eigenvalue weighted by atomic mass is 127. The van der Waals surface area contributed by atoms with Crippen LogP contribution in [-0.2, 0) is 6.54 Å². The monoisotopic (exact) mass is 468 g/mol. The first-order chi connectivity index (χ1) is 12.2. The number of hydrogen-bond donors (Lipinski definition) is 2. The molecule has 3 rings (SSSR count). The number of nitrogens with two attached hydrogens (primary N) is 1. The summed E-state index contributed by atoms with van der Waals surface area (Å²) >= 11 is 0. The SMILES string of the molecule is I.NC(=NCc1cccc(NC(=O)c2ccco2)c1)N1CCCCCC1. The third-order valence-electron chi connectivity index (χ3n) is 4.28. The van der Waals surface area contributed by atoms with Crippen LogP contribution in [0.4, 0.5) is 5.69 Å². The molecule has 1 saturated heterocycles. The van der Waals surface area contributed by atoms with Crippen LogP contribution in [0.3, 0.4) is 0 Å². The largest absolute Gasteiger partial charge is 0.459 e. The van der Waals surface area contributed by atoms with E-state index >= 15 is 0 Å². The maximum Gasteiger partial charge on any atom is 0.291 e. The molecule has 2 heterocycles. The van der Waals surface area contributed by atoms with E-state index in [4.69, 9.17) is 10.2 Å². The third-order valence-corrected chi connectivity index (χ3v) is 4.28. The van der Waals surface area contributed by atoms with E-state index in [2.05, 4.69) is 15.2 Å². The molecule has 0 saturated carbocycles. The second-order valence-electron chi connectivity index (χ2n) is 6.21. The van der Waals surface area contributed by atoms with Gasteiger partial charge in [-0.2, -0.15) is 0 Å². The van der Waals surface area contributed by atoms with Crippen molar-refractivity contribution >= 4 is 41.5 Å². The Balaban J connectivity index is 0.00000243. The number of rotatable bonds is 4. The average Bonchev–Trinajstić information content (AvgIpc) is 3.03. The molecule has 0 spiro atoms. The zero-order valence-corrected chi connectivity index (χ0v) is 17.0. The van der Waals surface area contributed by atoms with Gasteiger partial charge in [0.15, 0.2) is 11.7 Å². The number of benzene rings is 1. The molecule has 1 amide bonds. The number of likely N-dealkylation sites (tertiary alicyclic amines) is 1. The van der Waals surface area contributed by atoms with Gasteiger partial charge in [-0.05, 0) is 42.7 Å². The van der Waals surface area contributed by atoms with E-state index in [1.54, 1.807) is 12.1 Å². The third kappa shape index (κ3) is 5.76. The number of nitrogens with zero attached hydrogens (tertiary/aromatic N) is 2. The first kappa shape index (κ1) is 20.3. The zero-order chi connectivity index (χ0) is 17.5. The molecule has 7 heteroatoms. The summed E-state index contributed by atoms with van der Waals surface area (Å²) in [7, 11) is 0. The zero-order valence-electron chi connectivity index (χ0n) is 14.7. The minimum atomic E-state index is -0.269. The van der Waals surface area contributed by atoms with Gasteiger partial charge in [-0.25, -0.2) is 4.99 Å². The fourth-order valence-electron chi connectivity index (χ4n) is 2.92. The van der Waals surface area contributed by atoms with E-state index in [0.717, 1.165) is 18.7 Å². The van der Waals surface area contributed by atoms with Crippen molar-refractivity contribution in [1.82, 2.24) is 4.90 Å². The summed E-state index contributed by atoms with van der Waals surface area (Å²) in [6.07, 6.45) is 6.35. The van der Waals surface area contributed by atoms with Gasteiger partial charge in [0.2, 0.25) is 0 Å². The standard InChI is InChI=1S/C19H24N4O2.HI/c20-19(23-10-3-1-2-4-11-23)21-14-15-7-5-8-16(13-15)22-18(24)17-9-6-12-25-17;/h5-9,12-13H,1-4,10-11,14H2,(H2,20,21)(H,22,24);1H. The Morgan fingerprint density at radius 3 is 2.62 bits per heavy atom. The van der Waals surface area contributed by atoms with Crippen molar-refractivity contribution in [1.29, 1.82) is 0 Å². The van der Waals surface area contributed by atoms with Crippen LogP contribution in [-0.4, -0.2) is 29.9 Å². The Kier molecular flexibility index (Phi) is 7.96. The van der Waals surface area contributed by atoms with Gasteiger partial charge < -0.3 is 20.4 Å². The molecule has 6 nitrogen and oxygen atoms in total. The van der Waals surface area contributed by atoms with Gasteiger partial charge in [-0.1, -0.05) is 25.0 Å². The maximum absolute atomic E-state index is 12.0. The van der Waals surface area contributed by atoms with Gasteiger partial charge in [-0.3, -0.25) is 4.79 Å². The molecule has 0 atom stereocenters. The van der Waals surface area contributed by atoms with Crippen molar-refractivity contribution in [3.05, 3.63) is 54.0 Å². The summed E-state index contributed by atoms with van der Waals surface area (Å²) in [6, 6.07) is 10.9. The van der Waals surface area contributed by atoms with Crippen LogP contribution in [0, 0.1) is 0 Å². The van der Waals surface area contributed by atoms with Gasteiger partial charge in [0, 0.05) is 18.8 Å². The second kappa shape index (κ2) is 10.2. The number of anilines is 1. The van der Waals surface area contributed by atoms with Crippen molar-refractivity contribution in [2.75, 3.05) is 18.4 Å². The topological polar surface area (TPSA) is 83.9 Å². The highest BCUT2D eigenvalue weighted by molar-refractivity contribution is 14.0. The number of amides is 1. The number of furan rings is 1. The number of nitrogens with one attached hydrogen (secondary N) is 1. The van der Waals surface area contributed by atoms with Crippen LogP contribution in [0.5, 0.6) is 0 Å². The predicted octanol–water partition coefficient (Wildman–Crippen LogP) is 3.84. The Labute approximate surface area is 170 Å². The van der Waals surface area contributed by atoms with Crippen molar-refractivity contribution in [3.8, 4) is 0 Å². The molecule has 0 aliphatic carbocycles. The predicted molar refractivity (Wildman–Crippen MR) is 114 cm³/mol. The average molecular weight is 468 g/mol. The van der Waals surface area contributed by atoms with Gasteiger partial charge in [0.1, 0.15) is 0 Å². The molecule has 26 heavy (non-hydrogen) atoms. The first-order valence-electron chi connectivity index (χ1n) is 8.71. The molecule has 1 aromatic heterocycles. The van der Waals surface area contributed by atoms with E-state index in [9.17, 15) is 4.79 Å². The second-order valence-corrected chi connectivity index (χ2v) is 6.21. The molecule has 1 aliphatic rings. The Morgan fingerprint density at radius 1 is 1.15 bits per heavy atom. The Bertz CT molecular complexity index is 723. The molecule has 0 unspecified atom stereocenters. The number of halogens is 1. The maximum atomic E-state index is 12.0. The highest BCUT2D eigenvalue weighted by Crippen LogP contribution is 2.14. The van der Waals surface area contributed by atoms with Crippen LogP contribution in [0.15, 0.2) is 52.1 Å². The van der Waals surface area contributed by atoms with Gasteiger partial charge in [0.25, 0.3) is 5.91 Å². The summed E-state index contributed by atoms with van der Waals surface area (Å²) in [5, 5.41) is 2.82. The van der Waals surface area contributed by atoms with Crippen molar-refractivity contribution in [2.24, 2.45) is 10.7 Å². The summed E-state index contributed by atoms with van der Waals surface area (Å²) < 4.78 is 5.10. The summed E-state index contributed by atoms with van der Waals surface area (Å²) in [6.45, 7) is 2.45. The molecule has 140 valence electrons. The van der Waals surface area contributed by atoms with Crippen LogP contribution in [0.25, 0.3) is 0 Å². The number of carbonyl (C=O) groups is 1. The number of aliphatic imine (C=N–C) groups is 1. The van der Waals surface area contributed by atoms with Gasteiger partial charge >= 0.3 is 0 Å². The summed E-state index contributed by atoms with van der Waals surface area (Å²) in [5.74, 6) is 0.621. The quantitative estimate of drug-likeness (QED) is 0.406. The molecule has 1 aromatic carbocycles. The lowest BCUT2D eigenvalue weighted by molar-refractivity contribution is 0.0996. The van der Waals surface area contributed by atoms with Crippen LogP contribution < -0.4 is 11.1 Å². The fraction of sp³-hybridized carbons (Fsp3) is 0.368. The number of carbonyl (C=O) groups excluding carboxylic acids is 1. The molecule has 3 N–H and O–H groups in total. The van der Waals surface area contributed by atoms with E-state index in [-0.39, 0.29) is 35.6 Å². The summed E-state index contributed by atoms with van der Waals surface area (Å²) in [5.41, 5.74) is 7.85. The molecule has 2 aromatic rings. The van der Waals surface area contributed by atoms with E-state index in [0.29, 0.717) is 18.2 Å². The lowest BCUT2D eigenvalue weighted by Crippen LogP contribution is -2.38. The smallest absolute Gasteiger partial charge is 0.291 e. The molecule has 1 aliphatic heterocycles. The van der Waals surface area contributed by atoms with Crippen LogP contribution >= 0.6 is 24.0 Å². The first-order valence-corrected chi connectivity index (χ1v) is 8.71. The number of hydrogen-bond acceptors (Lipinski definition) is 3. The lowest BCUT2D eigenvalue weighted by atomic mass is 10.2. The van der Waals surface area contributed by atoms with Crippen molar-refractivity contribution in [3.63, 3.8) is 0 Å². The number of guanidine groups is 1. The Hall–Kier alpha value is -2.03. The van der Waals surface area contributed by atoms with Crippen molar-refractivity contribution in [2.45, 2.75) is 32.2 Å². The normalized spacial score (nSPS) is 15.1. The molecule has 0 bridgehead atoms. The highest BCUT2D eigenvalue weighted by Gasteiger charge is 2.11. The Morgan fingerprint density at radius 2 is 1.92 bits per heavy atom. The van der Waals surface area contributed by atoms with Gasteiger partial charge in [-0.15, -0.1) is 24.0 Å². The molecular formula is C19H25IN4O2. The lowest BCUT2D eigenvalue weighted by Gasteiger charge is -2.21. The van der Waals surface area contributed by atoms with Gasteiger partial charge in [0.05, 0.1) is 12.8 Å².